The second kappa shape index (κ2) is 11.7. The van der Waals surface area contributed by atoms with Gasteiger partial charge in [-0.25, -0.2) is 4.90 Å². The largest absolute Gasteiger partial charge is 0.508 e. The Labute approximate surface area is 291 Å². The van der Waals surface area contributed by atoms with Crippen LogP contribution in [0.1, 0.15) is 35.4 Å². The van der Waals surface area contributed by atoms with Gasteiger partial charge in [0.25, 0.3) is 5.69 Å². The van der Waals surface area contributed by atoms with Gasteiger partial charge in [0.15, 0.2) is 11.6 Å². The third-order valence-corrected chi connectivity index (χ3v) is 11.2. The highest BCUT2D eigenvalue weighted by Gasteiger charge is 2.66. The highest BCUT2D eigenvalue weighted by molar-refractivity contribution is 6.32. The molecule has 1 saturated heterocycles. The lowest BCUT2D eigenvalue weighted by atomic mass is 9.44. The molecule has 10 heteroatoms. The number of allylic oxidation sites excluding steroid dienone is 4. The number of Topliss-reactive ketones (excluding diaryl/α,β-unsaturated/α-hetero) is 1. The molecule has 0 radical (unpaired) electrons. The zero-order valence-electron chi connectivity index (χ0n) is 26.4. The number of imide groups is 1. The molecule has 8 rings (SSSR count). The number of hydrogen-bond donors (Lipinski definition) is 1. The molecule has 4 aliphatic rings. The Kier molecular flexibility index (Phi) is 7.42. The van der Waals surface area contributed by atoms with Crippen molar-refractivity contribution in [1.82, 2.24) is 0 Å². The molecule has 0 bridgehead atoms. The van der Waals surface area contributed by atoms with Crippen molar-refractivity contribution in [2.75, 3.05) is 4.90 Å². The Morgan fingerprint density at radius 2 is 1.56 bits per heavy atom. The summed E-state index contributed by atoms with van der Waals surface area (Å²) < 4.78 is 0. The first kappa shape index (κ1) is 31.6. The number of nitro benzene ring substituents is 1. The molecule has 2 amide bonds. The predicted molar refractivity (Wildman–Crippen MR) is 185 cm³/mol. The monoisotopic (exact) mass is 684 g/mol. The lowest BCUT2D eigenvalue weighted by molar-refractivity contribution is -0.384. The number of phenolic OH excluding ortho intramolecular Hbond substituents is 1. The Hall–Kier alpha value is -5.67. The van der Waals surface area contributed by atoms with Gasteiger partial charge in [-0.05, 0) is 60.2 Å². The smallest absolute Gasteiger partial charge is 0.271 e. The summed E-state index contributed by atoms with van der Waals surface area (Å²) >= 11 is 6.55. The average Bonchev–Trinajstić information content (AvgIpc) is 3.39. The van der Waals surface area contributed by atoms with E-state index in [-0.39, 0.29) is 47.1 Å². The molecule has 1 heterocycles. The number of amides is 2. The van der Waals surface area contributed by atoms with Crippen molar-refractivity contribution in [3.05, 3.63) is 153 Å². The fraction of sp³-hybridized carbons (Fsp3) is 0.200. The molecule has 6 unspecified atom stereocenters. The minimum absolute atomic E-state index is 0.0796. The van der Waals surface area contributed by atoms with Gasteiger partial charge in [0.05, 0.1) is 27.9 Å². The molecule has 248 valence electrons. The number of benzene rings is 4. The first-order valence-corrected chi connectivity index (χ1v) is 16.7. The first-order chi connectivity index (χ1) is 24.1. The second-order valence-electron chi connectivity index (χ2n) is 13.3. The summed E-state index contributed by atoms with van der Waals surface area (Å²) in [6.45, 7) is 0. The number of rotatable bonds is 5. The van der Waals surface area contributed by atoms with Crippen LogP contribution in [0.25, 0.3) is 5.57 Å². The molecule has 9 nitrogen and oxygen atoms in total. The number of nitro groups is 1. The van der Waals surface area contributed by atoms with E-state index >= 15 is 4.79 Å². The number of non-ortho nitro benzene ring substituents is 1. The third kappa shape index (κ3) is 4.53. The van der Waals surface area contributed by atoms with Crippen LogP contribution in [-0.4, -0.2) is 33.4 Å². The molecule has 2 fully saturated rings. The van der Waals surface area contributed by atoms with Crippen LogP contribution in [0.4, 0.5) is 11.4 Å². The van der Waals surface area contributed by atoms with Crippen LogP contribution >= 0.6 is 11.6 Å². The topological polar surface area (TPSA) is 135 Å². The number of carbonyl (C=O) groups excluding carboxylic acids is 4. The van der Waals surface area contributed by atoms with Gasteiger partial charge in [-0.15, -0.1) is 0 Å². The van der Waals surface area contributed by atoms with Crippen LogP contribution in [0, 0.1) is 33.8 Å². The average molecular weight is 685 g/mol. The van der Waals surface area contributed by atoms with Crippen molar-refractivity contribution in [2.45, 2.75) is 24.2 Å². The van der Waals surface area contributed by atoms with E-state index in [0.717, 1.165) is 4.90 Å². The fourth-order valence-corrected chi connectivity index (χ4v) is 9.16. The minimum atomic E-state index is -1.51. The van der Waals surface area contributed by atoms with Crippen LogP contribution < -0.4 is 4.90 Å². The number of fused-ring (bicyclic) bond motifs is 4. The number of carbonyl (C=O) groups is 4. The van der Waals surface area contributed by atoms with E-state index in [0.29, 0.717) is 27.3 Å². The maximum Gasteiger partial charge on any atom is 0.271 e. The standard InChI is InChI=1S/C40H29ClN2O7/c41-24-14-17-33(44)31(18-24)36-27-15-16-28-35(39(48)42(38(28)47)25-12-7-13-26(19-25)43(49)50)30(27)20-32-37(46)29(22-8-3-1-4-9-22)21-34(45)40(32,36)23-10-5-2-6-11-23/h1-15,17-19,21,28,30,32,35-36,44H,16,20H2. The maximum atomic E-state index is 15.0. The van der Waals surface area contributed by atoms with Crippen LogP contribution in [0.3, 0.4) is 0 Å². The number of halogens is 1. The summed E-state index contributed by atoms with van der Waals surface area (Å²) in [7, 11) is 0. The summed E-state index contributed by atoms with van der Waals surface area (Å²) in [6, 6.07) is 28.0. The molecule has 50 heavy (non-hydrogen) atoms. The lowest BCUT2D eigenvalue weighted by Gasteiger charge is -2.55. The van der Waals surface area contributed by atoms with Crippen LogP contribution in [0.2, 0.25) is 5.02 Å². The molecule has 3 aliphatic carbocycles. The van der Waals surface area contributed by atoms with Crippen molar-refractivity contribution in [1.29, 1.82) is 0 Å². The van der Waals surface area contributed by atoms with E-state index in [9.17, 15) is 29.6 Å². The number of ketones is 2. The van der Waals surface area contributed by atoms with Crippen molar-refractivity contribution in [3.8, 4) is 5.75 Å². The van der Waals surface area contributed by atoms with Gasteiger partial charge in [0.2, 0.25) is 11.8 Å². The summed E-state index contributed by atoms with van der Waals surface area (Å²) in [5.74, 6) is -6.00. The zero-order chi connectivity index (χ0) is 34.9. The Morgan fingerprint density at radius 3 is 2.28 bits per heavy atom. The molecule has 4 aromatic rings. The van der Waals surface area contributed by atoms with E-state index < -0.39 is 51.7 Å². The molecule has 0 spiro atoms. The van der Waals surface area contributed by atoms with Gasteiger partial charge in [0.1, 0.15) is 5.75 Å². The zero-order valence-corrected chi connectivity index (χ0v) is 27.2. The molecular weight excluding hydrogens is 656 g/mol. The molecule has 4 aromatic carbocycles. The minimum Gasteiger partial charge on any atom is -0.508 e. The summed E-state index contributed by atoms with van der Waals surface area (Å²) in [4.78, 5) is 70.5. The van der Waals surface area contributed by atoms with Crippen molar-refractivity contribution in [3.63, 3.8) is 0 Å². The van der Waals surface area contributed by atoms with Gasteiger partial charge in [-0.3, -0.25) is 29.3 Å². The van der Waals surface area contributed by atoms with Gasteiger partial charge < -0.3 is 5.11 Å². The van der Waals surface area contributed by atoms with Crippen molar-refractivity contribution in [2.24, 2.45) is 23.7 Å². The quantitative estimate of drug-likeness (QED) is 0.104. The van der Waals surface area contributed by atoms with Crippen LogP contribution in [-0.2, 0) is 24.6 Å². The third-order valence-electron chi connectivity index (χ3n) is 11.0. The normalized spacial score (nSPS) is 27.2. The Balaban J connectivity index is 1.36. The van der Waals surface area contributed by atoms with E-state index in [4.69, 9.17) is 11.6 Å². The van der Waals surface area contributed by atoms with Gasteiger partial charge in [-0.1, -0.05) is 90.0 Å². The van der Waals surface area contributed by atoms with E-state index in [1.165, 1.54) is 42.5 Å². The summed E-state index contributed by atoms with van der Waals surface area (Å²) in [6.07, 6.45) is 3.54. The van der Waals surface area contributed by atoms with E-state index in [1.807, 2.05) is 30.3 Å². The van der Waals surface area contributed by atoms with Gasteiger partial charge in [0, 0.05) is 40.1 Å². The maximum absolute atomic E-state index is 15.0. The number of phenols is 1. The van der Waals surface area contributed by atoms with Crippen molar-refractivity contribution >= 4 is 51.9 Å². The number of aromatic hydroxyl groups is 1. The first-order valence-electron chi connectivity index (χ1n) is 16.3. The number of nitrogens with zero attached hydrogens (tertiary/aromatic N) is 2. The number of anilines is 1. The van der Waals surface area contributed by atoms with E-state index in [2.05, 4.69) is 0 Å². The van der Waals surface area contributed by atoms with Gasteiger partial charge in [-0.2, -0.15) is 0 Å². The molecule has 0 aromatic heterocycles. The van der Waals surface area contributed by atoms with Crippen molar-refractivity contribution < 1.29 is 29.2 Å². The van der Waals surface area contributed by atoms with Crippen LogP contribution in [0.15, 0.2) is 121 Å². The molecule has 1 saturated carbocycles. The highest BCUT2D eigenvalue weighted by atomic mass is 35.5. The lowest BCUT2D eigenvalue weighted by Crippen LogP contribution is -2.58. The Morgan fingerprint density at radius 1 is 0.840 bits per heavy atom. The second-order valence-corrected chi connectivity index (χ2v) is 13.7. The fourth-order valence-electron chi connectivity index (χ4n) is 8.98. The van der Waals surface area contributed by atoms with E-state index in [1.54, 1.807) is 42.5 Å². The van der Waals surface area contributed by atoms with Crippen LogP contribution in [0.5, 0.6) is 5.75 Å². The number of hydrogen-bond acceptors (Lipinski definition) is 7. The molecule has 1 N–H and O–H groups in total. The predicted octanol–water partition coefficient (Wildman–Crippen LogP) is 6.98. The summed E-state index contributed by atoms with van der Waals surface area (Å²) in [5, 5.41) is 23.4. The molecule has 1 aliphatic heterocycles. The van der Waals surface area contributed by atoms with Gasteiger partial charge >= 0.3 is 0 Å². The molecule has 6 atom stereocenters. The SMILES string of the molecule is O=C1C(c2ccccc2)=CC(=O)C2(c3ccccc3)C1CC1C(=CCC3C(=O)N(c4cccc([N+](=O)[O-])c4)C(=O)C31)C2c1cc(Cl)ccc1O. The molecular formula is C40H29ClN2O7. The highest BCUT2D eigenvalue weighted by Crippen LogP contribution is 2.64. The summed E-state index contributed by atoms with van der Waals surface area (Å²) in [5.41, 5.74) is 0.764. The Bertz CT molecular complexity index is 2200.